The molecule has 2 rings (SSSR count). The van der Waals surface area contributed by atoms with E-state index >= 15 is 0 Å². The standard InChI is InChI=1S/C13H13F3N4O3/c1-7(10-11(17)19-23-18-10)20(12(21)22-2)9-5-3-4-8(6-9)13(14,15)16/h3-7H,1-2H3,(H2,17,19). The number of nitrogens with zero attached hydrogens (tertiary/aromatic N) is 3. The molecule has 0 saturated heterocycles. The molecule has 0 spiro atoms. The van der Waals surface area contributed by atoms with Crippen LogP contribution in [-0.4, -0.2) is 23.5 Å². The van der Waals surface area contributed by atoms with Gasteiger partial charge in [0.15, 0.2) is 11.5 Å². The number of halogens is 3. The van der Waals surface area contributed by atoms with E-state index in [0.717, 1.165) is 24.1 Å². The summed E-state index contributed by atoms with van der Waals surface area (Å²) < 4.78 is 47.7. The van der Waals surface area contributed by atoms with Gasteiger partial charge in [-0.25, -0.2) is 9.42 Å². The van der Waals surface area contributed by atoms with Crippen molar-refractivity contribution in [2.24, 2.45) is 0 Å². The Kier molecular flexibility index (Phi) is 4.43. The Morgan fingerprint density at radius 3 is 2.61 bits per heavy atom. The van der Waals surface area contributed by atoms with E-state index in [0.29, 0.717) is 0 Å². The van der Waals surface area contributed by atoms with Crippen LogP contribution < -0.4 is 10.6 Å². The van der Waals surface area contributed by atoms with E-state index in [1.165, 1.54) is 19.1 Å². The summed E-state index contributed by atoms with van der Waals surface area (Å²) in [7, 11) is 1.11. The maximum atomic E-state index is 12.9. The first kappa shape index (κ1) is 16.6. The number of carbonyl (C=O) groups is 1. The number of nitrogen functional groups attached to an aromatic ring is 1. The van der Waals surface area contributed by atoms with Gasteiger partial charge >= 0.3 is 12.3 Å². The van der Waals surface area contributed by atoms with E-state index < -0.39 is 23.9 Å². The fourth-order valence-electron chi connectivity index (χ4n) is 2.03. The van der Waals surface area contributed by atoms with Gasteiger partial charge in [0.05, 0.1) is 18.7 Å². The number of aromatic nitrogens is 2. The fraction of sp³-hybridized carbons (Fsp3) is 0.308. The molecule has 2 aromatic rings. The zero-order chi connectivity index (χ0) is 17.2. The van der Waals surface area contributed by atoms with Crippen LogP contribution in [0.15, 0.2) is 28.9 Å². The predicted octanol–water partition coefficient (Wildman–Crippen LogP) is 3.00. The molecule has 1 aromatic heterocycles. The summed E-state index contributed by atoms with van der Waals surface area (Å²) in [6, 6.07) is 3.40. The Balaban J connectivity index is 2.48. The second kappa shape index (κ2) is 6.15. The first-order valence-corrected chi connectivity index (χ1v) is 6.38. The number of amides is 1. The van der Waals surface area contributed by atoms with Crippen molar-refractivity contribution in [1.29, 1.82) is 0 Å². The third-order valence-electron chi connectivity index (χ3n) is 3.15. The monoisotopic (exact) mass is 330 g/mol. The van der Waals surface area contributed by atoms with Crippen molar-refractivity contribution >= 4 is 17.6 Å². The van der Waals surface area contributed by atoms with Crippen LogP contribution >= 0.6 is 0 Å². The van der Waals surface area contributed by atoms with Crippen molar-refractivity contribution in [3.63, 3.8) is 0 Å². The highest BCUT2D eigenvalue weighted by Crippen LogP contribution is 2.34. The van der Waals surface area contributed by atoms with Crippen molar-refractivity contribution in [1.82, 2.24) is 10.3 Å². The number of ether oxygens (including phenoxy) is 1. The molecule has 0 aliphatic carbocycles. The van der Waals surface area contributed by atoms with Crippen molar-refractivity contribution in [3.05, 3.63) is 35.5 Å². The number of anilines is 2. The van der Waals surface area contributed by atoms with Crippen LogP contribution in [-0.2, 0) is 10.9 Å². The van der Waals surface area contributed by atoms with Crippen molar-refractivity contribution < 1.29 is 27.3 Å². The second-order valence-corrected chi connectivity index (χ2v) is 4.60. The quantitative estimate of drug-likeness (QED) is 0.929. The Morgan fingerprint density at radius 1 is 1.39 bits per heavy atom. The third-order valence-corrected chi connectivity index (χ3v) is 3.15. The molecular weight excluding hydrogens is 317 g/mol. The van der Waals surface area contributed by atoms with Gasteiger partial charge in [-0.3, -0.25) is 4.90 Å². The molecule has 2 N–H and O–H groups in total. The normalized spacial score (nSPS) is 12.7. The van der Waals surface area contributed by atoms with E-state index in [4.69, 9.17) is 5.73 Å². The van der Waals surface area contributed by atoms with E-state index in [1.54, 1.807) is 0 Å². The van der Waals surface area contributed by atoms with E-state index in [-0.39, 0.29) is 17.2 Å². The van der Waals surface area contributed by atoms with Gasteiger partial charge in [0.2, 0.25) is 0 Å². The average Bonchev–Trinajstić information content (AvgIpc) is 2.92. The summed E-state index contributed by atoms with van der Waals surface area (Å²) in [6.45, 7) is 1.51. The van der Waals surface area contributed by atoms with Crippen LogP contribution in [0.1, 0.15) is 24.2 Å². The number of benzene rings is 1. The number of hydrogen-bond donors (Lipinski definition) is 1. The molecule has 0 radical (unpaired) electrons. The van der Waals surface area contributed by atoms with Crippen LogP contribution in [0.5, 0.6) is 0 Å². The number of nitrogens with two attached hydrogens (primary N) is 1. The molecule has 23 heavy (non-hydrogen) atoms. The highest BCUT2D eigenvalue weighted by Gasteiger charge is 2.33. The summed E-state index contributed by atoms with van der Waals surface area (Å²) in [5.74, 6) is -0.0709. The van der Waals surface area contributed by atoms with Gasteiger partial charge in [-0.05, 0) is 30.3 Å². The van der Waals surface area contributed by atoms with Crippen LogP contribution in [0.25, 0.3) is 0 Å². The summed E-state index contributed by atoms with van der Waals surface area (Å²) in [6.07, 6.45) is -5.42. The lowest BCUT2D eigenvalue weighted by Crippen LogP contribution is -2.34. The molecule has 10 heteroatoms. The SMILES string of the molecule is COC(=O)N(c1cccc(C(F)(F)F)c1)C(C)c1nonc1N. The van der Waals surface area contributed by atoms with Crippen LogP contribution in [0, 0.1) is 0 Å². The molecule has 1 amide bonds. The topological polar surface area (TPSA) is 94.5 Å². The molecule has 1 unspecified atom stereocenters. The largest absolute Gasteiger partial charge is 0.452 e. The maximum absolute atomic E-state index is 12.9. The van der Waals surface area contributed by atoms with Gasteiger partial charge in [0, 0.05) is 5.69 Å². The van der Waals surface area contributed by atoms with Crippen LogP contribution in [0.4, 0.5) is 29.5 Å². The molecule has 0 aliphatic rings. The maximum Gasteiger partial charge on any atom is 0.416 e. The van der Waals surface area contributed by atoms with Gasteiger partial charge in [-0.2, -0.15) is 13.2 Å². The fourth-order valence-corrected chi connectivity index (χ4v) is 2.03. The minimum atomic E-state index is -4.55. The molecule has 0 saturated carbocycles. The minimum absolute atomic E-state index is 0.0263. The van der Waals surface area contributed by atoms with E-state index in [9.17, 15) is 18.0 Å². The van der Waals surface area contributed by atoms with Gasteiger partial charge in [0.1, 0.15) is 0 Å². The first-order chi connectivity index (χ1) is 10.8. The minimum Gasteiger partial charge on any atom is -0.452 e. The molecule has 1 atom stereocenters. The van der Waals surface area contributed by atoms with E-state index in [2.05, 4.69) is 19.7 Å². The number of hydrogen-bond acceptors (Lipinski definition) is 6. The lowest BCUT2D eigenvalue weighted by atomic mass is 10.1. The first-order valence-electron chi connectivity index (χ1n) is 6.38. The zero-order valence-electron chi connectivity index (χ0n) is 12.2. The Bertz CT molecular complexity index is 702. The third kappa shape index (κ3) is 3.35. The molecule has 124 valence electrons. The smallest absolute Gasteiger partial charge is 0.416 e. The highest BCUT2D eigenvalue weighted by molar-refractivity contribution is 5.88. The van der Waals surface area contributed by atoms with Crippen molar-refractivity contribution in [2.45, 2.75) is 19.1 Å². The second-order valence-electron chi connectivity index (χ2n) is 4.60. The number of rotatable bonds is 3. The van der Waals surface area contributed by atoms with Crippen molar-refractivity contribution in [3.8, 4) is 0 Å². The molecule has 1 heterocycles. The highest BCUT2D eigenvalue weighted by atomic mass is 19.4. The molecule has 0 bridgehead atoms. The number of methoxy groups -OCH3 is 1. The molecular formula is C13H13F3N4O3. The lowest BCUT2D eigenvalue weighted by Gasteiger charge is -2.27. The molecule has 7 nitrogen and oxygen atoms in total. The van der Waals surface area contributed by atoms with Crippen molar-refractivity contribution in [2.75, 3.05) is 17.7 Å². The van der Waals surface area contributed by atoms with Crippen LogP contribution in [0.2, 0.25) is 0 Å². The van der Waals surface area contributed by atoms with Gasteiger partial charge in [-0.15, -0.1) is 0 Å². The predicted molar refractivity (Wildman–Crippen MR) is 73.5 cm³/mol. The zero-order valence-corrected chi connectivity index (χ0v) is 12.2. The van der Waals surface area contributed by atoms with Gasteiger partial charge < -0.3 is 10.5 Å². The summed E-state index contributed by atoms with van der Waals surface area (Å²) >= 11 is 0. The molecule has 0 fully saturated rings. The number of alkyl halides is 3. The van der Waals surface area contributed by atoms with Gasteiger partial charge in [0.25, 0.3) is 0 Å². The molecule has 0 aliphatic heterocycles. The summed E-state index contributed by atoms with van der Waals surface area (Å²) in [4.78, 5) is 13.0. The summed E-state index contributed by atoms with van der Waals surface area (Å²) in [5.41, 5.74) is 4.75. The lowest BCUT2D eigenvalue weighted by molar-refractivity contribution is -0.137. The van der Waals surface area contributed by atoms with Crippen LogP contribution in [0.3, 0.4) is 0 Å². The molecule has 1 aromatic carbocycles. The Labute approximate surface area is 128 Å². The van der Waals surface area contributed by atoms with E-state index in [1.807, 2.05) is 0 Å². The van der Waals surface area contributed by atoms with Gasteiger partial charge in [-0.1, -0.05) is 11.2 Å². The summed E-state index contributed by atoms with van der Waals surface area (Å²) in [5, 5.41) is 6.96. The average molecular weight is 330 g/mol. The number of carbonyl (C=O) groups excluding carboxylic acids is 1. The Morgan fingerprint density at radius 2 is 2.09 bits per heavy atom. The Hall–Kier alpha value is -2.78.